The molecule has 0 aliphatic carbocycles. The molecule has 4 amide bonds. The molecule has 0 radical (unpaired) electrons. The van der Waals surface area contributed by atoms with Crippen LogP contribution < -0.4 is 10.7 Å². The van der Waals surface area contributed by atoms with Gasteiger partial charge in [-0.1, -0.05) is 59.2 Å². The highest BCUT2D eigenvalue weighted by atomic mass is 35.5. The number of hydrogen-bond acceptors (Lipinski definition) is 9. The van der Waals surface area contributed by atoms with E-state index in [-0.39, 0.29) is 42.7 Å². The summed E-state index contributed by atoms with van der Waals surface area (Å²) in [5.41, 5.74) is 3.49. The van der Waals surface area contributed by atoms with Crippen LogP contribution >= 0.6 is 11.6 Å². The number of aromatic nitrogens is 1. The zero-order chi connectivity index (χ0) is 34.8. The summed E-state index contributed by atoms with van der Waals surface area (Å²) >= 11 is 6.11. The van der Waals surface area contributed by atoms with Gasteiger partial charge in [-0.2, -0.15) is 0 Å². The van der Waals surface area contributed by atoms with Gasteiger partial charge in [0.1, 0.15) is 18.0 Å². The van der Waals surface area contributed by atoms with Crippen LogP contribution in [0.4, 0.5) is 19.8 Å². The highest BCUT2D eigenvalue weighted by molar-refractivity contribution is 6.31. The summed E-state index contributed by atoms with van der Waals surface area (Å²) in [6.45, 7) is 7.63. The normalized spacial score (nSPS) is 13.9. The van der Waals surface area contributed by atoms with Crippen LogP contribution in [0.3, 0.4) is 0 Å². The van der Waals surface area contributed by atoms with Crippen LogP contribution in [0.5, 0.6) is 0 Å². The molecule has 0 spiro atoms. The topological polar surface area (TPSA) is 147 Å². The van der Waals surface area contributed by atoms with Gasteiger partial charge in [-0.15, -0.1) is 0 Å². The lowest BCUT2D eigenvalue weighted by Crippen LogP contribution is -2.53. The molecule has 15 heteroatoms. The number of ether oxygens (including phenoxy) is 2. The van der Waals surface area contributed by atoms with Crippen LogP contribution in [0.25, 0.3) is 11.3 Å². The molecule has 1 aliphatic rings. The van der Waals surface area contributed by atoms with E-state index in [0.717, 1.165) is 5.56 Å². The molecule has 1 saturated heterocycles. The van der Waals surface area contributed by atoms with Gasteiger partial charge >= 0.3 is 12.2 Å². The first-order valence-electron chi connectivity index (χ1n) is 15.5. The molecule has 3 aromatic rings. The van der Waals surface area contributed by atoms with Gasteiger partial charge in [0.15, 0.2) is 11.6 Å². The number of benzene rings is 2. The first kappa shape index (κ1) is 36.2. The summed E-state index contributed by atoms with van der Waals surface area (Å²) in [5.74, 6) is -0.668. The second-order valence-corrected chi connectivity index (χ2v) is 12.5. The maximum absolute atomic E-state index is 14.0. The molecule has 2 heterocycles. The van der Waals surface area contributed by atoms with E-state index in [1.807, 2.05) is 30.3 Å². The van der Waals surface area contributed by atoms with Crippen molar-refractivity contribution in [2.75, 3.05) is 38.1 Å². The predicted octanol–water partition coefficient (Wildman–Crippen LogP) is 5.46. The molecule has 1 aliphatic heterocycles. The third kappa shape index (κ3) is 10.4. The number of halogens is 2. The molecule has 0 saturated carbocycles. The number of rotatable bonds is 11. The standard InChI is InChI=1S/C33H40ClFN6O7/c1-22(42)41(36-20-24-11-8-12-26(35)30(24)34)25(13-14-29(43)39-15-17-40(18-16-39)32(45)47-33(2,3)4)21-46-31(44)37-28-19-27(48-38-28)23-9-6-5-7-10-23/h5-12,19,25,36H,13-18,20-21H2,1-4H3,(H,37,38,44)/t25-/m0/s1. The molecule has 0 bridgehead atoms. The number of nitrogens with zero attached hydrogens (tertiary/aromatic N) is 4. The summed E-state index contributed by atoms with van der Waals surface area (Å²) in [6.07, 6.45) is -1.16. The molecule has 1 fully saturated rings. The molecule has 4 rings (SSSR count). The third-order valence-electron chi connectivity index (χ3n) is 7.36. The Balaban J connectivity index is 1.39. The van der Waals surface area contributed by atoms with Crippen LogP contribution in [0.1, 0.15) is 46.1 Å². The summed E-state index contributed by atoms with van der Waals surface area (Å²) < 4.78 is 30.3. The minimum absolute atomic E-state index is 0.0119. The van der Waals surface area contributed by atoms with Crippen molar-refractivity contribution < 1.29 is 37.6 Å². The fourth-order valence-corrected chi connectivity index (χ4v) is 5.13. The highest BCUT2D eigenvalue weighted by Gasteiger charge is 2.30. The minimum Gasteiger partial charge on any atom is -0.447 e. The smallest absolute Gasteiger partial charge is 0.412 e. The molecule has 2 aromatic carbocycles. The Kier molecular flexibility index (Phi) is 12.4. The number of amides is 4. The van der Waals surface area contributed by atoms with Crippen molar-refractivity contribution in [3.63, 3.8) is 0 Å². The van der Waals surface area contributed by atoms with Crippen LogP contribution in [0.2, 0.25) is 5.02 Å². The zero-order valence-electron chi connectivity index (χ0n) is 27.3. The first-order chi connectivity index (χ1) is 22.8. The third-order valence-corrected chi connectivity index (χ3v) is 7.78. The highest BCUT2D eigenvalue weighted by Crippen LogP contribution is 2.23. The second kappa shape index (κ2) is 16.4. The van der Waals surface area contributed by atoms with E-state index < -0.39 is 35.6 Å². The second-order valence-electron chi connectivity index (χ2n) is 12.1. The predicted molar refractivity (Wildman–Crippen MR) is 175 cm³/mol. The molecule has 1 atom stereocenters. The number of anilines is 1. The molecule has 13 nitrogen and oxygen atoms in total. The maximum atomic E-state index is 14.0. The van der Waals surface area contributed by atoms with Gasteiger partial charge in [-0.3, -0.25) is 19.9 Å². The van der Waals surface area contributed by atoms with Gasteiger partial charge in [-0.25, -0.2) is 19.4 Å². The molecular formula is C33H40ClFN6O7. The Labute approximate surface area is 283 Å². The van der Waals surface area contributed by atoms with Crippen molar-refractivity contribution in [1.29, 1.82) is 0 Å². The number of carbonyl (C=O) groups excluding carboxylic acids is 4. The molecule has 258 valence electrons. The van der Waals surface area contributed by atoms with Crippen LogP contribution in [0.15, 0.2) is 59.1 Å². The van der Waals surface area contributed by atoms with Gasteiger partial charge in [0.25, 0.3) is 0 Å². The first-order valence-corrected chi connectivity index (χ1v) is 15.9. The average Bonchev–Trinajstić information content (AvgIpc) is 3.51. The van der Waals surface area contributed by atoms with Crippen molar-refractivity contribution in [1.82, 2.24) is 25.4 Å². The SMILES string of the molecule is CC(=O)N(NCc1cccc(F)c1Cl)[C@@H](CCC(=O)N1CCN(C(=O)OC(C)(C)C)CC1)COC(=O)Nc1cc(-c2ccccc2)on1. The number of piperazine rings is 1. The minimum atomic E-state index is -0.853. The molecule has 0 unspecified atom stereocenters. The van der Waals surface area contributed by atoms with E-state index >= 15 is 0 Å². The van der Waals surface area contributed by atoms with E-state index in [1.165, 1.54) is 24.1 Å². The van der Waals surface area contributed by atoms with Crippen molar-refractivity contribution in [2.45, 2.75) is 58.7 Å². The molecule has 48 heavy (non-hydrogen) atoms. The Morgan fingerprint density at radius 2 is 1.73 bits per heavy atom. The van der Waals surface area contributed by atoms with E-state index in [9.17, 15) is 23.6 Å². The van der Waals surface area contributed by atoms with Crippen LogP contribution in [0, 0.1) is 5.82 Å². The summed E-state index contributed by atoms with van der Waals surface area (Å²) in [6, 6.07) is 14.3. The molecule has 2 N–H and O–H groups in total. The van der Waals surface area contributed by atoms with Crippen molar-refractivity contribution in [3.05, 3.63) is 71.0 Å². The zero-order valence-corrected chi connectivity index (χ0v) is 28.1. The Hall–Kier alpha value is -4.69. The number of hydrazine groups is 1. The lowest BCUT2D eigenvalue weighted by molar-refractivity contribution is -0.139. The average molecular weight is 687 g/mol. The Bertz CT molecular complexity index is 1570. The van der Waals surface area contributed by atoms with Gasteiger partial charge in [0.05, 0.1) is 11.1 Å². The van der Waals surface area contributed by atoms with Gasteiger partial charge in [-0.05, 0) is 38.8 Å². The van der Waals surface area contributed by atoms with Gasteiger partial charge in [0, 0.05) is 57.7 Å². The van der Waals surface area contributed by atoms with E-state index in [2.05, 4.69) is 15.9 Å². The number of nitrogens with one attached hydrogen (secondary N) is 2. The molecule has 1 aromatic heterocycles. The van der Waals surface area contributed by atoms with E-state index in [0.29, 0.717) is 37.5 Å². The monoisotopic (exact) mass is 686 g/mol. The number of hydrogen-bond donors (Lipinski definition) is 2. The van der Waals surface area contributed by atoms with Crippen LogP contribution in [-0.2, 0) is 25.6 Å². The van der Waals surface area contributed by atoms with E-state index in [4.69, 9.17) is 25.6 Å². The Morgan fingerprint density at radius 1 is 1.04 bits per heavy atom. The fraction of sp³-hybridized carbons (Fsp3) is 0.424. The maximum Gasteiger partial charge on any atom is 0.412 e. The fourth-order valence-electron chi connectivity index (χ4n) is 4.94. The summed E-state index contributed by atoms with van der Waals surface area (Å²) in [4.78, 5) is 54.4. The van der Waals surface area contributed by atoms with Gasteiger partial charge < -0.3 is 23.8 Å². The van der Waals surface area contributed by atoms with Crippen molar-refractivity contribution in [2.24, 2.45) is 0 Å². The van der Waals surface area contributed by atoms with Crippen molar-refractivity contribution >= 4 is 41.4 Å². The quantitative estimate of drug-likeness (QED) is 0.251. The summed E-state index contributed by atoms with van der Waals surface area (Å²) in [5, 5.41) is 7.51. The number of carbonyl (C=O) groups is 4. The van der Waals surface area contributed by atoms with Crippen molar-refractivity contribution in [3.8, 4) is 11.3 Å². The lowest BCUT2D eigenvalue weighted by atomic mass is 10.1. The van der Waals surface area contributed by atoms with Crippen LogP contribution in [-0.4, -0.2) is 88.4 Å². The summed E-state index contributed by atoms with van der Waals surface area (Å²) in [7, 11) is 0. The Morgan fingerprint density at radius 3 is 2.40 bits per heavy atom. The van der Waals surface area contributed by atoms with E-state index in [1.54, 1.807) is 42.7 Å². The molecular weight excluding hydrogens is 647 g/mol. The lowest BCUT2D eigenvalue weighted by Gasteiger charge is -2.36. The largest absolute Gasteiger partial charge is 0.447 e. The van der Waals surface area contributed by atoms with Gasteiger partial charge in [0.2, 0.25) is 11.8 Å².